The Morgan fingerprint density at radius 3 is 1.74 bits per heavy atom. The third kappa shape index (κ3) is 7.20. The van der Waals surface area contributed by atoms with E-state index in [-0.39, 0.29) is 12.8 Å². The smallest absolute Gasteiger partial charge is 0.270 e. The first kappa shape index (κ1) is 26.1. The summed E-state index contributed by atoms with van der Waals surface area (Å²) in [5.74, 6) is -21.0. The van der Waals surface area contributed by atoms with Crippen molar-refractivity contribution in [1.29, 1.82) is 0 Å². The van der Waals surface area contributed by atoms with E-state index in [4.69, 9.17) is 0 Å². The fourth-order valence-electron chi connectivity index (χ4n) is 1.95. The molecule has 0 fully saturated rings. The maximum absolute atomic E-state index is 14.0. The van der Waals surface area contributed by atoms with E-state index in [1.54, 1.807) is 0 Å². The summed E-state index contributed by atoms with van der Waals surface area (Å²) >= 11 is 0. The van der Waals surface area contributed by atoms with Crippen molar-refractivity contribution >= 4 is 10.1 Å². The molecule has 0 aromatic rings. The van der Waals surface area contributed by atoms with Crippen molar-refractivity contribution in [3.05, 3.63) is 12.2 Å². The highest BCUT2D eigenvalue weighted by molar-refractivity contribution is 7.86. The second kappa shape index (κ2) is 8.22. The van der Waals surface area contributed by atoms with Gasteiger partial charge in [0.25, 0.3) is 16.0 Å². The Balaban J connectivity index is 4.99. The zero-order chi connectivity index (χ0) is 21.9. The first-order valence-corrected chi connectivity index (χ1v) is 9.30. The van der Waals surface area contributed by atoms with Gasteiger partial charge in [0.15, 0.2) is 0 Å². The summed E-state index contributed by atoms with van der Waals surface area (Å²) in [4.78, 5) is 0. The van der Waals surface area contributed by atoms with Gasteiger partial charge in [-0.25, -0.2) is 8.78 Å². The lowest BCUT2D eigenvalue weighted by molar-refractivity contribution is -0.330. The van der Waals surface area contributed by atoms with Crippen molar-refractivity contribution in [2.45, 2.75) is 64.2 Å². The number of hydrogen-bond acceptors (Lipinski definition) is 3. The summed E-state index contributed by atoms with van der Waals surface area (Å²) in [6.45, 7) is 0.459. The standard InChI is InChI=1S/C15H22F8O3S/c1-11(2,14(20,21)15(22,23)13(4,18)19)10-27(24,25)26-9-7-5-6-8-12(3,16)17/h6,8H,5,7,9-10H2,1-4H3/b8-6-. The van der Waals surface area contributed by atoms with Crippen LogP contribution in [0.5, 0.6) is 0 Å². The normalized spacial score (nSPS) is 15.6. The maximum Gasteiger partial charge on any atom is 0.372 e. The summed E-state index contributed by atoms with van der Waals surface area (Å²) in [6, 6.07) is 0. The van der Waals surface area contributed by atoms with Gasteiger partial charge in [-0.3, -0.25) is 4.18 Å². The van der Waals surface area contributed by atoms with Crippen LogP contribution in [0, 0.1) is 5.41 Å². The predicted octanol–water partition coefficient (Wildman–Crippen LogP) is 5.28. The highest BCUT2D eigenvalue weighted by Crippen LogP contribution is 2.53. The number of allylic oxidation sites excluding steroid dienone is 2. The van der Waals surface area contributed by atoms with Crippen LogP contribution in [0.25, 0.3) is 0 Å². The van der Waals surface area contributed by atoms with Crippen LogP contribution in [0.4, 0.5) is 35.1 Å². The number of alkyl halides is 8. The Hall–Kier alpha value is -0.910. The summed E-state index contributed by atoms with van der Waals surface area (Å²) in [6.07, 6.45) is 1.53. The number of rotatable bonds is 11. The van der Waals surface area contributed by atoms with E-state index in [1.165, 1.54) is 0 Å². The SMILES string of the molecule is CC(F)(F)/C=C\CCCOS(=O)(=O)CC(C)(C)C(F)(F)C(F)(F)C(C)(F)F. The molecule has 0 amide bonds. The van der Waals surface area contributed by atoms with Crippen molar-refractivity contribution in [3.63, 3.8) is 0 Å². The van der Waals surface area contributed by atoms with E-state index in [0.717, 1.165) is 6.08 Å². The third-order valence-corrected chi connectivity index (χ3v) is 5.12. The fourth-order valence-corrected chi connectivity index (χ4v) is 3.47. The molecule has 0 atom stereocenters. The predicted molar refractivity (Wildman–Crippen MR) is 83.0 cm³/mol. The van der Waals surface area contributed by atoms with Gasteiger partial charge in [0.05, 0.1) is 17.8 Å². The van der Waals surface area contributed by atoms with Gasteiger partial charge < -0.3 is 0 Å². The van der Waals surface area contributed by atoms with Crippen LogP contribution < -0.4 is 0 Å². The highest BCUT2D eigenvalue weighted by Gasteiger charge is 2.74. The van der Waals surface area contributed by atoms with E-state index < -0.39 is 58.5 Å². The molecule has 0 saturated carbocycles. The zero-order valence-electron chi connectivity index (χ0n) is 15.1. The molecule has 0 radical (unpaired) electrons. The van der Waals surface area contributed by atoms with Crippen LogP contribution in [-0.4, -0.2) is 44.5 Å². The molecule has 0 unspecified atom stereocenters. The lowest BCUT2D eigenvalue weighted by Gasteiger charge is -2.40. The zero-order valence-corrected chi connectivity index (χ0v) is 16.0. The number of hydrogen-bond donors (Lipinski definition) is 0. The number of unbranched alkanes of at least 4 members (excludes halogenated alkanes) is 1. The average Bonchev–Trinajstić information content (AvgIpc) is 2.38. The van der Waals surface area contributed by atoms with Gasteiger partial charge in [-0.2, -0.15) is 34.8 Å². The van der Waals surface area contributed by atoms with Gasteiger partial charge in [0.2, 0.25) is 0 Å². The Kier molecular flexibility index (Phi) is 7.94. The van der Waals surface area contributed by atoms with Crippen LogP contribution in [0.2, 0.25) is 0 Å². The summed E-state index contributed by atoms with van der Waals surface area (Å²) in [7, 11) is -4.77. The van der Waals surface area contributed by atoms with Crippen molar-refractivity contribution in [1.82, 2.24) is 0 Å². The molecule has 0 saturated heterocycles. The molecule has 0 heterocycles. The topological polar surface area (TPSA) is 43.4 Å². The van der Waals surface area contributed by atoms with Gasteiger partial charge in [-0.15, -0.1) is 0 Å². The Bertz CT molecular complexity index is 616. The molecule has 0 rings (SSSR count). The maximum atomic E-state index is 14.0. The fraction of sp³-hybridized carbons (Fsp3) is 0.867. The van der Waals surface area contributed by atoms with E-state index in [0.29, 0.717) is 26.8 Å². The molecule has 0 aliphatic heterocycles. The van der Waals surface area contributed by atoms with E-state index in [9.17, 15) is 43.5 Å². The molecule has 0 N–H and O–H groups in total. The molecule has 0 aliphatic rings. The van der Waals surface area contributed by atoms with E-state index in [1.807, 2.05) is 0 Å². The van der Waals surface area contributed by atoms with Crippen molar-refractivity contribution < 1.29 is 47.7 Å². The second-order valence-electron chi connectivity index (χ2n) is 6.95. The first-order chi connectivity index (χ1) is 11.7. The van der Waals surface area contributed by atoms with Crippen molar-refractivity contribution in [2.24, 2.45) is 5.41 Å². The summed E-state index contributed by atoms with van der Waals surface area (Å²) in [5, 5.41) is 0. The summed E-state index contributed by atoms with van der Waals surface area (Å²) < 4.78 is 134. The minimum Gasteiger partial charge on any atom is -0.270 e. The van der Waals surface area contributed by atoms with E-state index >= 15 is 0 Å². The molecule has 3 nitrogen and oxygen atoms in total. The second-order valence-corrected chi connectivity index (χ2v) is 8.59. The lowest BCUT2D eigenvalue weighted by atomic mass is 9.82. The Morgan fingerprint density at radius 2 is 1.33 bits per heavy atom. The van der Waals surface area contributed by atoms with Crippen molar-refractivity contribution in [2.75, 3.05) is 12.4 Å². The molecule has 0 spiro atoms. The Labute approximate surface area is 152 Å². The van der Waals surface area contributed by atoms with Crippen LogP contribution in [0.15, 0.2) is 12.2 Å². The van der Waals surface area contributed by atoms with Gasteiger partial charge >= 0.3 is 17.8 Å². The quantitative estimate of drug-likeness (QED) is 0.192. The average molecular weight is 434 g/mol. The highest BCUT2D eigenvalue weighted by atomic mass is 32.2. The molecule has 0 bridgehead atoms. The van der Waals surface area contributed by atoms with Gasteiger partial charge in [-0.1, -0.05) is 19.9 Å². The molecule has 12 heteroatoms. The number of halogens is 8. The minimum absolute atomic E-state index is 0.0152. The van der Waals surface area contributed by atoms with Crippen LogP contribution >= 0.6 is 0 Å². The van der Waals surface area contributed by atoms with Crippen LogP contribution in [-0.2, 0) is 14.3 Å². The van der Waals surface area contributed by atoms with Crippen LogP contribution in [0.3, 0.4) is 0 Å². The molecule has 0 aliphatic carbocycles. The summed E-state index contributed by atoms with van der Waals surface area (Å²) in [5.41, 5.74) is -3.08. The minimum atomic E-state index is -5.80. The Morgan fingerprint density at radius 1 is 0.852 bits per heavy atom. The van der Waals surface area contributed by atoms with Gasteiger partial charge in [0, 0.05) is 13.8 Å². The first-order valence-electron chi connectivity index (χ1n) is 7.72. The molecule has 0 aromatic heterocycles. The monoisotopic (exact) mass is 434 g/mol. The van der Waals surface area contributed by atoms with E-state index in [2.05, 4.69) is 4.18 Å². The third-order valence-electron chi connectivity index (χ3n) is 3.52. The van der Waals surface area contributed by atoms with Gasteiger partial charge in [0.1, 0.15) is 0 Å². The van der Waals surface area contributed by atoms with Crippen LogP contribution in [0.1, 0.15) is 40.5 Å². The molecular formula is C15H22F8O3S. The molecule has 0 aromatic carbocycles. The van der Waals surface area contributed by atoms with Gasteiger partial charge in [-0.05, 0) is 18.9 Å². The molecule has 162 valence electrons. The largest absolute Gasteiger partial charge is 0.372 e. The molecule has 27 heavy (non-hydrogen) atoms. The van der Waals surface area contributed by atoms with Crippen molar-refractivity contribution in [3.8, 4) is 0 Å². The molecular weight excluding hydrogens is 412 g/mol. The lowest BCUT2D eigenvalue weighted by Crippen LogP contribution is -2.60.